The highest BCUT2D eigenvalue weighted by atomic mass is 32.2. The second-order valence-corrected chi connectivity index (χ2v) is 9.37. The zero-order chi connectivity index (χ0) is 17.5. The van der Waals surface area contributed by atoms with Gasteiger partial charge in [0.2, 0.25) is 0 Å². The molecule has 126 valence electrons. The van der Waals surface area contributed by atoms with E-state index in [-0.39, 0.29) is 29.2 Å². The van der Waals surface area contributed by atoms with Crippen LogP contribution in [0.4, 0.5) is 5.69 Å². The number of carbonyl (C=O) groups is 1. The van der Waals surface area contributed by atoms with Crippen molar-refractivity contribution in [2.24, 2.45) is 4.99 Å². The number of sulfone groups is 1. The summed E-state index contributed by atoms with van der Waals surface area (Å²) in [4.78, 5) is 17.8. The number of carbonyl (C=O) groups excluding carboxylic acids is 1. The molecule has 8 heteroatoms. The molecule has 0 unspecified atom stereocenters. The van der Waals surface area contributed by atoms with Crippen LogP contribution in [0.25, 0.3) is 0 Å². The fourth-order valence-corrected chi connectivity index (χ4v) is 6.98. The van der Waals surface area contributed by atoms with Gasteiger partial charge in [0.1, 0.15) is 6.42 Å². The predicted octanol–water partition coefficient (Wildman–Crippen LogP) is 1.82. The molecule has 2 aliphatic heterocycles. The van der Waals surface area contributed by atoms with Gasteiger partial charge in [-0.25, -0.2) is 8.42 Å². The summed E-state index contributed by atoms with van der Waals surface area (Å²) in [5.74, 6) is -0.350. The van der Waals surface area contributed by atoms with Crippen LogP contribution in [-0.4, -0.2) is 42.3 Å². The number of aliphatic imine (C=N–C) groups is 1. The molecule has 2 atom stereocenters. The topological polar surface area (TPSA) is 90.6 Å². The number of hydrogen-bond acceptors (Lipinski definition) is 5. The molecule has 6 nitrogen and oxygen atoms in total. The molecule has 24 heavy (non-hydrogen) atoms. The molecule has 0 bridgehead atoms. The number of hydrogen-bond donors (Lipinski definition) is 0. The summed E-state index contributed by atoms with van der Waals surface area (Å²) in [6.07, 6.45) is -0.279. The third-order valence-electron chi connectivity index (χ3n) is 4.35. The molecule has 0 saturated carbocycles. The molecule has 0 spiro atoms. The second-order valence-electron chi connectivity index (χ2n) is 6.01. The van der Waals surface area contributed by atoms with E-state index >= 15 is 0 Å². The standard InChI is InChI=1S/C16H17N3O3S2/c1-10-4-3-5-12(11(10)2)19-13-8-24(21,22)9-14(13)23-16(19)18-15(20)6-7-17/h3-5,13-14H,6,8-9H2,1-2H3/t13-,14+/m1/s1. The summed E-state index contributed by atoms with van der Waals surface area (Å²) in [5.41, 5.74) is 2.99. The average molecular weight is 363 g/mol. The maximum atomic E-state index is 12.0. The molecular weight excluding hydrogens is 346 g/mol. The van der Waals surface area contributed by atoms with Crippen LogP contribution in [0.2, 0.25) is 0 Å². The van der Waals surface area contributed by atoms with Crippen LogP contribution in [0.3, 0.4) is 0 Å². The van der Waals surface area contributed by atoms with Crippen molar-refractivity contribution in [1.29, 1.82) is 5.26 Å². The second kappa shape index (κ2) is 6.22. The highest BCUT2D eigenvalue weighted by molar-refractivity contribution is 8.16. The summed E-state index contributed by atoms with van der Waals surface area (Å²) >= 11 is 1.32. The van der Waals surface area contributed by atoms with Crippen LogP contribution in [0.15, 0.2) is 23.2 Å². The summed E-state index contributed by atoms with van der Waals surface area (Å²) in [7, 11) is -3.09. The van der Waals surface area contributed by atoms with Gasteiger partial charge in [-0.2, -0.15) is 10.3 Å². The van der Waals surface area contributed by atoms with Gasteiger partial charge < -0.3 is 4.90 Å². The number of aryl methyl sites for hydroxylation is 1. The van der Waals surface area contributed by atoms with Crippen molar-refractivity contribution in [3.05, 3.63) is 29.3 Å². The third-order valence-corrected chi connectivity index (χ3v) is 7.56. The number of amides is 1. The number of nitriles is 1. The highest BCUT2D eigenvalue weighted by Crippen LogP contribution is 2.42. The van der Waals surface area contributed by atoms with Gasteiger partial charge in [0.25, 0.3) is 5.91 Å². The lowest BCUT2D eigenvalue weighted by Crippen LogP contribution is -2.38. The van der Waals surface area contributed by atoms with Crippen molar-refractivity contribution in [2.45, 2.75) is 31.6 Å². The number of thioether (sulfide) groups is 1. The molecule has 2 heterocycles. The lowest BCUT2D eigenvalue weighted by molar-refractivity contribution is -0.116. The van der Waals surface area contributed by atoms with Crippen LogP contribution >= 0.6 is 11.8 Å². The molecule has 3 rings (SSSR count). The lowest BCUT2D eigenvalue weighted by Gasteiger charge is -2.26. The van der Waals surface area contributed by atoms with Crippen molar-refractivity contribution in [3.63, 3.8) is 0 Å². The number of benzene rings is 1. The summed E-state index contributed by atoms with van der Waals surface area (Å²) in [5, 5.41) is 9.02. The van der Waals surface area contributed by atoms with Crippen LogP contribution < -0.4 is 4.90 Å². The quantitative estimate of drug-likeness (QED) is 0.796. The Morgan fingerprint density at radius 3 is 2.88 bits per heavy atom. The van der Waals surface area contributed by atoms with Crippen LogP contribution in [-0.2, 0) is 14.6 Å². The first-order chi connectivity index (χ1) is 11.3. The van der Waals surface area contributed by atoms with Gasteiger partial charge in [0.05, 0.1) is 23.6 Å². The van der Waals surface area contributed by atoms with Gasteiger partial charge in [0.15, 0.2) is 15.0 Å². The molecule has 0 radical (unpaired) electrons. The normalized spacial score (nSPS) is 26.4. The Bertz CT molecular complexity index is 871. The van der Waals surface area contributed by atoms with E-state index in [0.29, 0.717) is 5.17 Å². The zero-order valence-electron chi connectivity index (χ0n) is 13.4. The summed E-state index contributed by atoms with van der Waals surface area (Å²) in [6, 6.07) is 7.39. The van der Waals surface area contributed by atoms with Gasteiger partial charge in [0, 0.05) is 10.9 Å². The van der Waals surface area contributed by atoms with E-state index in [1.807, 2.05) is 36.9 Å². The first kappa shape index (κ1) is 17.0. The Morgan fingerprint density at radius 2 is 2.17 bits per heavy atom. The molecule has 2 aliphatic rings. The first-order valence-electron chi connectivity index (χ1n) is 7.53. The van der Waals surface area contributed by atoms with Gasteiger partial charge in [-0.05, 0) is 31.0 Å². The Morgan fingerprint density at radius 1 is 1.42 bits per heavy atom. The first-order valence-corrected chi connectivity index (χ1v) is 10.2. The molecule has 0 N–H and O–H groups in total. The van der Waals surface area contributed by atoms with Crippen LogP contribution in [0.5, 0.6) is 0 Å². The molecule has 2 fully saturated rings. The number of amidine groups is 1. The fourth-order valence-electron chi connectivity index (χ4n) is 3.06. The number of fused-ring (bicyclic) bond motifs is 1. The predicted molar refractivity (Wildman–Crippen MR) is 94.9 cm³/mol. The van der Waals surface area contributed by atoms with E-state index in [4.69, 9.17) is 5.26 Å². The molecular formula is C16H17N3O3S2. The van der Waals surface area contributed by atoms with Crippen LogP contribution in [0, 0.1) is 25.2 Å². The number of anilines is 1. The van der Waals surface area contributed by atoms with E-state index in [1.165, 1.54) is 11.8 Å². The van der Waals surface area contributed by atoms with Gasteiger partial charge in [-0.15, -0.1) is 0 Å². The van der Waals surface area contributed by atoms with E-state index in [9.17, 15) is 13.2 Å². The Balaban J connectivity index is 2.07. The molecule has 1 amide bonds. The monoisotopic (exact) mass is 363 g/mol. The largest absolute Gasteiger partial charge is 0.315 e. The van der Waals surface area contributed by atoms with Crippen molar-refractivity contribution < 1.29 is 13.2 Å². The van der Waals surface area contributed by atoms with Crippen molar-refractivity contribution in [3.8, 4) is 6.07 Å². The summed E-state index contributed by atoms with van der Waals surface area (Å²) < 4.78 is 24.0. The Kier molecular flexibility index (Phi) is 4.40. The van der Waals surface area contributed by atoms with Gasteiger partial charge in [-0.3, -0.25) is 4.79 Å². The van der Waals surface area contributed by atoms with E-state index < -0.39 is 15.7 Å². The maximum absolute atomic E-state index is 12.0. The number of nitrogens with zero attached hydrogens (tertiary/aromatic N) is 3. The van der Waals surface area contributed by atoms with Gasteiger partial charge >= 0.3 is 0 Å². The SMILES string of the molecule is Cc1cccc(N2C(=NC(=O)CC#N)S[C@H]3CS(=O)(=O)C[C@H]32)c1C. The maximum Gasteiger partial charge on any atom is 0.262 e. The smallest absolute Gasteiger partial charge is 0.262 e. The van der Waals surface area contributed by atoms with Crippen molar-refractivity contribution >= 4 is 38.4 Å². The highest BCUT2D eigenvalue weighted by Gasteiger charge is 2.49. The van der Waals surface area contributed by atoms with E-state index in [2.05, 4.69) is 4.99 Å². The van der Waals surface area contributed by atoms with Crippen molar-refractivity contribution in [2.75, 3.05) is 16.4 Å². The third kappa shape index (κ3) is 3.06. The Hall–Kier alpha value is -1.85. The Labute approximate surface area is 145 Å². The van der Waals surface area contributed by atoms with Crippen molar-refractivity contribution in [1.82, 2.24) is 0 Å². The summed E-state index contributed by atoms with van der Waals surface area (Å²) in [6.45, 7) is 3.96. The minimum absolute atomic E-state index is 0.0590. The number of rotatable bonds is 2. The molecule has 1 aromatic rings. The average Bonchev–Trinajstić information content (AvgIpc) is 2.94. The minimum atomic E-state index is -3.09. The zero-order valence-corrected chi connectivity index (χ0v) is 15.0. The molecule has 0 aliphatic carbocycles. The lowest BCUT2D eigenvalue weighted by atomic mass is 10.1. The fraction of sp³-hybridized carbons (Fsp3) is 0.438. The van der Waals surface area contributed by atoms with E-state index in [0.717, 1.165) is 16.8 Å². The van der Waals surface area contributed by atoms with Gasteiger partial charge in [-0.1, -0.05) is 23.9 Å². The van der Waals surface area contributed by atoms with Crippen LogP contribution in [0.1, 0.15) is 17.5 Å². The van der Waals surface area contributed by atoms with E-state index in [1.54, 1.807) is 6.07 Å². The minimum Gasteiger partial charge on any atom is -0.315 e. The molecule has 0 aromatic heterocycles. The molecule has 1 aromatic carbocycles. The molecule has 2 saturated heterocycles.